The molecule has 0 spiro atoms. The van der Waals surface area contributed by atoms with Gasteiger partial charge in [-0.2, -0.15) is 4.31 Å². The minimum atomic E-state index is -3.66. The molecule has 9 nitrogen and oxygen atoms in total. The third-order valence-corrected chi connectivity index (χ3v) is 8.30. The molecular formula is C23H22N6O3S. The summed E-state index contributed by atoms with van der Waals surface area (Å²) in [4.78, 5) is 27.2. The standard InChI is InChI=1S/C23H22N6O3S/c1-27-14-18-17-10-16(33(31,32)28-8-4-5-9-28)12-26-22(17)29(19-6-2-3-7-24-19)13-15-11-25-21(20(15)18)23(27)30/h2-3,6-7,10-12,14,25H,4-5,8-9,13H2,1H3. The van der Waals surface area contributed by atoms with Crippen molar-refractivity contribution in [2.45, 2.75) is 24.3 Å². The molecule has 0 bridgehead atoms. The predicted octanol–water partition coefficient (Wildman–Crippen LogP) is 2.76. The molecule has 1 fully saturated rings. The van der Waals surface area contributed by atoms with Gasteiger partial charge in [-0.25, -0.2) is 18.4 Å². The molecule has 4 aromatic heterocycles. The van der Waals surface area contributed by atoms with Crippen LogP contribution in [-0.2, 0) is 23.6 Å². The molecule has 0 saturated carbocycles. The molecular weight excluding hydrogens is 440 g/mol. The summed E-state index contributed by atoms with van der Waals surface area (Å²) in [5.74, 6) is 1.29. The van der Waals surface area contributed by atoms with Crippen molar-refractivity contribution in [2.75, 3.05) is 18.0 Å². The van der Waals surface area contributed by atoms with Crippen molar-refractivity contribution < 1.29 is 8.42 Å². The van der Waals surface area contributed by atoms with Gasteiger partial charge >= 0.3 is 0 Å². The Kier molecular flexibility index (Phi) is 4.43. The van der Waals surface area contributed by atoms with Crippen molar-refractivity contribution in [3.63, 3.8) is 0 Å². The maximum absolute atomic E-state index is 13.3. The van der Waals surface area contributed by atoms with Crippen LogP contribution in [0.2, 0.25) is 0 Å². The first-order chi connectivity index (χ1) is 15.9. The molecule has 1 saturated heterocycles. The highest BCUT2D eigenvalue weighted by Crippen LogP contribution is 2.42. The maximum atomic E-state index is 13.3. The van der Waals surface area contributed by atoms with Crippen LogP contribution >= 0.6 is 0 Å². The first-order valence-electron chi connectivity index (χ1n) is 10.8. The summed E-state index contributed by atoms with van der Waals surface area (Å²) in [5, 5.41) is 0.787. The summed E-state index contributed by atoms with van der Waals surface area (Å²) in [6.45, 7) is 1.48. The van der Waals surface area contributed by atoms with Crippen molar-refractivity contribution >= 4 is 32.6 Å². The largest absolute Gasteiger partial charge is 0.356 e. The molecule has 2 aliphatic heterocycles. The van der Waals surface area contributed by atoms with E-state index < -0.39 is 10.0 Å². The lowest BCUT2D eigenvalue weighted by molar-refractivity contribution is 0.477. The summed E-state index contributed by atoms with van der Waals surface area (Å²) < 4.78 is 29.7. The molecule has 6 rings (SSSR count). The first kappa shape index (κ1) is 20.1. The number of hydrogen-bond acceptors (Lipinski definition) is 6. The van der Waals surface area contributed by atoms with Crippen LogP contribution < -0.4 is 10.5 Å². The average molecular weight is 463 g/mol. The molecule has 168 valence electrons. The van der Waals surface area contributed by atoms with Gasteiger partial charge in [-0.3, -0.25) is 4.79 Å². The number of rotatable bonds is 3. The molecule has 0 radical (unpaired) electrons. The number of aromatic nitrogens is 4. The summed E-state index contributed by atoms with van der Waals surface area (Å²) in [5.41, 5.74) is 2.70. The summed E-state index contributed by atoms with van der Waals surface area (Å²) in [6.07, 6.45) is 8.46. The summed E-state index contributed by atoms with van der Waals surface area (Å²) in [6, 6.07) is 7.32. The Hall–Kier alpha value is -3.50. The van der Waals surface area contributed by atoms with Gasteiger partial charge in [-0.1, -0.05) is 6.07 Å². The van der Waals surface area contributed by atoms with Gasteiger partial charge in [0, 0.05) is 61.4 Å². The van der Waals surface area contributed by atoms with Crippen LogP contribution in [0, 0.1) is 0 Å². The number of aryl methyl sites for hydroxylation is 1. The normalized spacial score (nSPS) is 16.2. The Balaban J connectivity index is 1.65. The van der Waals surface area contributed by atoms with Gasteiger partial charge in [-0.15, -0.1) is 0 Å². The van der Waals surface area contributed by atoms with E-state index in [1.807, 2.05) is 29.3 Å². The minimum absolute atomic E-state index is 0.137. The Labute approximate surface area is 190 Å². The highest BCUT2D eigenvalue weighted by atomic mass is 32.2. The lowest BCUT2D eigenvalue weighted by Crippen LogP contribution is -2.28. The van der Waals surface area contributed by atoms with Crippen LogP contribution in [-0.4, -0.2) is 45.3 Å². The van der Waals surface area contributed by atoms with Crippen molar-refractivity contribution in [2.24, 2.45) is 7.05 Å². The van der Waals surface area contributed by atoms with Crippen LogP contribution in [0.25, 0.3) is 22.0 Å². The second-order valence-corrected chi connectivity index (χ2v) is 10.4. The van der Waals surface area contributed by atoms with E-state index in [1.54, 1.807) is 25.5 Å². The van der Waals surface area contributed by atoms with Crippen molar-refractivity contribution in [1.82, 2.24) is 23.8 Å². The molecule has 2 aliphatic rings. The molecule has 0 aromatic carbocycles. The Morgan fingerprint density at radius 3 is 2.67 bits per heavy atom. The van der Waals surface area contributed by atoms with Crippen LogP contribution in [0.1, 0.15) is 18.4 Å². The fourth-order valence-corrected chi connectivity index (χ4v) is 6.27. The van der Waals surface area contributed by atoms with Gasteiger partial charge in [0.15, 0.2) is 0 Å². The Morgan fingerprint density at radius 2 is 1.91 bits per heavy atom. The third-order valence-electron chi connectivity index (χ3n) is 6.43. The quantitative estimate of drug-likeness (QED) is 0.502. The van der Waals surface area contributed by atoms with E-state index in [0.29, 0.717) is 42.4 Å². The van der Waals surface area contributed by atoms with Crippen LogP contribution in [0.5, 0.6) is 0 Å². The number of sulfonamides is 1. The zero-order chi connectivity index (χ0) is 22.7. The Morgan fingerprint density at radius 1 is 1.09 bits per heavy atom. The molecule has 0 unspecified atom stereocenters. The third kappa shape index (κ3) is 3.01. The first-order valence-corrected chi connectivity index (χ1v) is 12.3. The van der Waals surface area contributed by atoms with E-state index >= 15 is 0 Å². The fraction of sp³-hybridized carbons (Fsp3) is 0.261. The van der Waals surface area contributed by atoms with Gasteiger partial charge in [0.25, 0.3) is 5.56 Å². The number of nitrogens with zero attached hydrogens (tertiary/aromatic N) is 5. The molecule has 4 aromatic rings. The molecule has 1 N–H and O–H groups in total. The lowest BCUT2D eigenvalue weighted by atomic mass is 10.0. The van der Waals surface area contributed by atoms with E-state index in [0.717, 1.165) is 29.4 Å². The number of nitrogens with one attached hydrogen (secondary N) is 1. The number of hydrogen-bond donors (Lipinski definition) is 1. The monoisotopic (exact) mass is 462 g/mol. The highest BCUT2D eigenvalue weighted by molar-refractivity contribution is 7.89. The number of anilines is 2. The van der Waals surface area contributed by atoms with E-state index in [4.69, 9.17) is 0 Å². The van der Waals surface area contributed by atoms with Gasteiger partial charge in [-0.05, 0) is 36.6 Å². The van der Waals surface area contributed by atoms with Crippen LogP contribution in [0.15, 0.2) is 58.7 Å². The van der Waals surface area contributed by atoms with Gasteiger partial charge in [0.05, 0.1) is 6.54 Å². The number of aromatic amines is 1. The van der Waals surface area contributed by atoms with Gasteiger partial charge in [0.1, 0.15) is 22.0 Å². The maximum Gasteiger partial charge on any atom is 0.274 e. The molecule has 0 amide bonds. The zero-order valence-corrected chi connectivity index (χ0v) is 18.8. The van der Waals surface area contributed by atoms with E-state index in [2.05, 4.69) is 15.0 Å². The van der Waals surface area contributed by atoms with Crippen molar-refractivity contribution in [3.05, 3.63) is 65.0 Å². The second-order valence-electron chi connectivity index (χ2n) is 8.45. The SMILES string of the molecule is Cn1cc2c3c(c[nH]c3c1=O)CN(c1ccccn1)c1ncc(S(=O)(=O)N3CCCC3)cc1-2. The molecule has 10 heteroatoms. The summed E-state index contributed by atoms with van der Waals surface area (Å²) in [7, 11) is -1.96. The van der Waals surface area contributed by atoms with Crippen LogP contribution in [0.3, 0.4) is 0 Å². The van der Waals surface area contributed by atoms with Crippen molar-refractivity contribution in [1.29, 1.82) is 0 Å². The highest BCUT2D eigenvalue weighted by Gasteiger charge is 2.31. The van der Waals surface area contributed by atoms with Gasteiger partial charge < -0.3 is 14.5 Å². The van der Waals surface area contributed by atoms with Crippen LogP contribution in [0.4, 0.5) is 11.6 Å². The zero-order valence-electron chi connectivity index (χ0n) is 18.0. The smallest absolute Gasteiger partial charge is 0.274 e. The Bertz CT molecular complexity index is 1550. The number of H-pyrrole nitrogens is 1. The molecule has 33 heavy (non-hydrogen) atoms. The van der Waals surface area contributed by atoms with E-state index in [-0.39, 0.29) is 10.5 Å². The minimum Gasteiger partial charge on any atom is -0.356 e. The average Bonchev–Trinajstić information content (AvgIpc) is 3.49. The number of fused-ring (bicyclic) bond motifs is 2. The molecule has 0 atom stereocenters. The van der Waals surface area contributed by atoms with Crippen molar-refractivity contribution in [3.8, 4) is 11.1 Å². The van der Waals surface area contributed by atoms with E-state index in [9.17, 15) is 13.2 Å². The summed E-state index contributed by atoms with van der Waals surface area (Å²) >= 11 is 0. The fourth-order valence-electron chi connectivity index (χ4n) is 4.78. The van der Waals surface area contributed by atoms with Gasteiger partial charge in [0.2, 0.25) is 10.0 Å². The molecule has 0 aliphatic carbocycles. The number of pyridine rings is 3. The lowest BCUT2D eigenvalue weighted by Gasteiger charge is -2.24. The molecule has 6 heterocycles. The second kappa shape index (κ2) is 7.26. The predicted molar refractivity (Wildman–Crippen MR) is 125 cm³/mol. The topological polar surface area (TPSA) is 104 Å². The van der Waals surface area contributed by atoms with E-state index in [1.165, 1.54) is 15.1 Å².